The van der Waals surface area contributed by atoms with Gasteiger partial charge in [-0.15, -0.1) is 0 Å². The molecule has 12 heavy (non-hydrogen) atoms. The van der Waals surface area contributed by atoms with Gasteiger partial charge < -0.3 is 4.84 Å². The van der Waals surface area contributed by atoms with Gasteiger partial charge in [-0.3, -0.25) is 4.55 Å². The first kappa shape index (κ1) is 11.7. The zero-order valence-corrected chi connectivity index (χ0v) is 8.48. The van der Waals surface area contributed by atoms with Gasteiger partial charge in [-0.25, -0.2) is 0 Å². The maximum atomic E-state index is 10.2. The van der Waals surface area contributed by atoms with Crippen LogP contribution in [-0.4, -0.2) is 31.0 Å². The molecule has 0 amide bonds. The van der Waals surface area contributed by atoms with Gasteiger partial charge in [-0.2, -0.15) is 8.42 Å². The maximum absolute atomic E-state index is 10.2. The molecule has 0 aromatic carbocycles. The summed E-state index contributed by atoms with van der Waals surface area (Å²) >= 11 is 0. The van der Waals surface area contributed by atoms with Gasteiger partial charge in [-0.1, -0.05) is 5.16 Å². The van der Waals surface area contributed by atoms with Gasteiger partial charge in [0, 0.05) is 10.8 Å². The summed E-state index contributed by atoms with van der Waals surface area (Å²) in [7, 11) is -3.55. The fourth-order valence-electron chi connectivity index (χ4n) is 0.361. The lowest BCUT2D eigenvalue weighted by Crippen LogP contribution is -2.01. The summed E-state index contributed by atoms with van der Waals surface area (Å²) in [5, 5.41) is 3.57. The van der Waals surface area contributed by atoms with E-state index in [0.717, 1.165) is 0 Å². The Labute approximate surface area is 75.3 Å². The van der Waals surface area contributed by atoms with Gasteiger partial charge in [-0.05, 0) is 13.8 Å². The molecule has 0 saturated heterocycles. The zero-order valence-electron chi connectivity index (χ0n) is 6.85. The molecule has 0 unspecified atom stereocenters. The fourth-order valence-corrected chi connectivity index (χ4v) is 1.69. The SMILES string of the molecule is CCO/N=C(\C)CSS(=O)(=O)O. The lowest BCUT2D eigenvalue weighted by molar-refractivity contribution is 0.158. The zero-order chi connectivity index (χ0) is 9.61. The summed E-state index contributed by atoms with van der Waals surface area (Å²) in [5.74, 6) is 0.110. The highest BCUT2D eigenvalue weighted by molar-refractivity contribution is 8.70. The van der Waals surface area contributed by atoms with E-state index in [-0.39, 0.29) is 5.75 Å². The van der Waals surface area contributed by atoms with Gasteiger partial charge in [0.25, 0.3) is 0 Å². The average Bonchev–Trinajstić information content (AvgIpc) is 1.95. The Bertz CT molecular complexity index is 246. The second kappa shape index (κ2) is 5.39. The third-order valence-corrected chi connectivity index (χ3v) is 2.85. The molecule has 0 atom stereocenters. The van der Waals surface area contributed by atoms with Crippen molar-refractivity contribution in [2.24, 2.45) is 5.16 Å². The van der Waals surface area contributed by atoms with Crippen molar-refractivity contribution in [1.29, 1.82) is 0 Å². The van der Waals surface area contributed by atoms with Crippen LogP contribution in [0.1, 0.15) is 13.8 Å². The number of nitrogens with zero attached hydrogens (tertiary/aromatic N) is 1. The molecule has 0 spiro atoms. The smallest absolute Gasteiger partial charge is 0.320 e. The largest absolute Gasteiger partial charge is 0.396 e. The van der Waals surface area contributed by atoms with Crippen LogP contribution < -0.4 is 0 Å². The Kier molecular flexibility index (Phi) is 5.27. The summed E-state index contributed by atoms with van der Waals surface area (Å²) in [4.78, 5) is 4.66. The minimum Gasteiger partial charge on any atom is -0.396 e. The van der Waals surface area contributed by atoms with Gasteiger partial charge in [0.15, 0.2) is 0 Å². The third kappa shape index (κ3) is 7.83. The normalized spacial score (nSPS) is 13.1. The predicted molar refractivity (Wildman–Crippen MR) is 48.7 cm³/mol. The highest BCUT2D eigenvalue weighted by Gasteiger charge is 2.05. The van der Waals surface area contributed by atoms with Crippen molar-refractivity contribution in [3.05, 3.63) is 0 Å². The Morgan fingerprint density at radius 3 is 2.67 bits per heavy atom. The van der Waals surface area contributed by atoms with Crippen molar-refractivity contribution in [3.8, 4) is 0 Å². The van der Waals surface area contributed by atoms with E-state index in [4.69, 9.17) is 4.55 Å². The van der Waals surface area contributed by atoms with E-state index in [1.54, 1.807) is 13.8 Å². The Hall–Kier alpha value is -0.270. The summed E-state index contributed by atoms with van der Waals surface area (Å²) in [6.07, 6.45) is 0. The van der Waals surface area contributed by atoms with Crippen LogP contribution >= 0.6 is 10.8 Å². The Morgan fingerprint density at radius 1 is 1.67 bits per heavy atom. The van der Waals surface area contributed by atoms with Gasteiger partial charge in [0.05, 0.1) is 11.5 Å². The quantitative estimate of drug-likeness (QED) is 0.318. The van der Waals surface area contributed by atoms with Crippen LogP contribution in [0.4, 0.5) is 0 Å². The van der Waals surface area contributed by atoms with Crippen molar-refractivity contribution >= 4 is 25.7 Å². The molecule has 7 heteroatoms. The predicted octanol–water partition coefficient (Wildman–Crippen LogP) is 0.935. The van der Waals surface area contributed by atoms with E-state index in [0.29, 0.717) is 23.1 Å². The molecule has 0 aliphatic carbocycles. The van der Waals surface area contributed by atoms with Crippen LogP contribution in [0.15, 0.2) is 5.16 Å². The number of rotatable bonds is 5. The highest BCUT2D eigenvalue weighted by Crippen LogP contribution is 2.08. The maximum Gasteiger partial charge on any atom is 0.320 e. The van der Waals surface area contributed by atoms with Crippen LogP contribution in [0.2, 0.25) is 0 Å². The fraction of sp³-hybridized carbons (Fsp3) is 0.800. The Morgan fingerprint density at radius 2 is 2.25 bits per heavy atom. The lowest BCUT2D eigenvalue weighted by atomic mass is 10.5. The number of hydrogen-bond donors (Lipinski definition) is 1. The Balaban J connectivity index is 3.79. The molecule has 0 aromatic rings. The molecule has 0 radical (unpaired) electrons. The van der Waals surface area contributed by atoms with E-state index in [9.17, 15) is 8.42 Å². The first-order chi connectivity index (χ1) is 5.45. The minimum absolute atomic E-state index is 0.110. The molecule has 0 heterocycles. The molecule has 0 rings (SSSR count). The van der Waals surface area contributed by atoms with Crippen molar-refractivity contribution in [2.45, 2.75) is 13.8 Å². The molecule has 0 aliphatic rings. The van der Waals surface area contributed by atoms with Crippen LogP contribution in [0.25, 0.3) is 0 Å². The molecule has 5 nitrogen and oxygen atoms in total. The molecule has 0 saturated carbocycles. The van der Waals surface area contributed by atoms with Crippen LogP contribution in [0, 0.1) is 0 Å². The van der Waals surface area contributed by atoms with E-state index >= 15 is 0 Å². The monoisotopic (exact) mass is 213 g/mol. The topological polar surface area (TPSA) is 76.0 Å². The van der Waals surface area contributed by atoms with Crippen molar-refractivity contribution in [3.63, 3.8) is 0 Å². The molecule has 1 N–H and O–H groups in total. The number of oxime groups is 1. The highest BCUT2D eigenvalue weighted by atomic mass is 33.1. The second-order valence-corrected chi connectivity index (χ2v) is 5.28. The van der Waals surface area contributed by atoms with E-state index < -0.39 is 9.15 Å². The first-order valence-corrected chi connectivity index (χ1v) is 6.17. The lowest BCUT2D eigenvalue weighted by Gasteiger charge is -1.97. The van der Waals surface area contributed by atoms with Gasteiger partial charge >= 0.3 is 9.15 Å². The first-order valence-electron chi connectivity index (χ1n) is 3.23. The number of hydrogen-bond acceptors (Lipinski definition) is 5. The standard InChI is InChI=1S/C5H11NO4S2/c1-3-10-6-5(2)4-11-12(7,8)9/h3-4H2,1-2H3,(H,7,8,9)/b6-5+. The van der Waals surface area contributed by atoms with E-state index in [1.165, 1.54) is 0 Å². The molecule has 72 valence electrons. The molecular formula is C5H11NO4S2. The molecule has 0 aromatic heterocycles. The molecular weight excluding hydrogens is 202 g/mol. The van der Waals surface area contributed by atoms with Crippen molar-refractivity contribution in [1.82, 2.24) is 0 Å². The minimum atomic E-state index is -3.96. The average molecular weight is 213 g/mol. The molecule has 0 aliphatic heterocycles. The van der Waals surface area contributed by atoms with E-state index in [2.05, 4.69) is 9.99 Å². The van der Waals surface area contributed by atoms with Crippen LogP contribution in [0.3, 0.4) is 0 Å². The summed E-state index contributed by atoms with van der Waals surface area (Å²) in [6, 6.07) is 0. The third-order valence-electron chi connectivity index (χ3n) is 0.766. The molecule has 0 fully saturated rings. The molecule has 0 bridgehead atoms. The summed E-state index contributed by atoms with van der Waals surface area (Å²) in [5.41, 5.74) is 0.513. The van der Waals surface area contributed by atoms with Crippen molar-refractivity contribution < 1.29 is 17.8 Å². The van der Waals surface area contributed by atoms with Gasteiger partial charge in [0.2, 0.25) is 0 Å². The van der Waals surface area contributed by atoms with E-state index in [1.807, 2.05) is 0 Å². The van der Waals surface area contributed by atoms with Crippen LogP contribution in [-0.2, 0) is 14.0 Å². The van der Waals surface area contributed by atoms with Crippen LogP contribution in [0.5, 0.6) is 0 Å². The summed E-state index contributed by atoms with van der Waals surface area (Å²) < 4.78 is 28.8. The van der Waals surface area contributed by atoms with Gasteiger partial charge in [0.1, 0.15) is 6.61 Å². The second-order valence-electron chi connectivity index (χ2n) is 1.93. The van der Waals surface area contributed by atoms with Crippen molar-refractivity contribution in [2.75, 3.05) is 12.4 Å². The summed E-state index contributed by atoms with van der Waals surface area (Å²) in [6.45, 7) is 3.83.